The number of nitrogens with one attached hydrogen (secondary N) is 1. The van der Waals surface area contributed by atoms with Gasteiger partial charge in [0.15, 0.2) is 0 Å². The lowest BCUT2D eigenvalue weighted by atomic mass is 10.2. The van der Waals surface area contributed by atoms with Crippen molar-refractivity contribution in [3.63, 3.8) is 0 Å². The maximum atomic E-state index is 4.97. The Balaban J connectivity index is 2.44. The molecule has 0 aromatic carbocycles. The van der Waals surface area contributed by atoms with E-state index in [-0.39, 0.29) is 0 Å². The monoisotopic (exact) mass is 153 g/mol. The number of aromatic amines is 1. The Hall–Kier alpha value is -0.760. The molecule has 2 heteroatoms. The van der Waals surface area contributed by atoms with Crippen LogP contribution in [0.2, 0.25) is 0 Å². The minimum Gasteiger partial charge on any atom is -0.384 e. The van der Waals surface area contributed by atoms with Crippen LogP contribution in [0.3, 0.4) is 0 Å². The maximum Gasteiger partial charge on any atom is 0.0516 e. The minimum absolute atomic E-state index is 0.795. The van der Waals surface area contributed by atoms with Crippen molar-refractivity contribution in [1.29, 1.82) is 0 Å². The van der Waals surface area contributed by atoms with Crippen molar-refractivity contribution in [2.24, 2.45) is 0 Å². The number of hydrogen-bond donors (Lipinski definition) is 1. The molecule has 1 heterocycles. The van der Waals surface area contributed by atoms with Crippen molar-refractivity contribution in [3.8, 4) is 0 Å². The van der Waals surface area contributed by atoms with Crippen LogP contribution in [-0.2, 0) is 17.6 Å². The molecule has 0 saturated carbocycles. The third-order valence-electron chi connectivity index (χ3n) is 1.79. The number of ether oxygens (including phenoxy) is 1. The van der Waals surface area contributed by atoms with Gasteiger partial charge in [0.1, 0.15) is 0 Å². The Morgan fingerprint density at radius 1 is 1.55 bits per heavy atom. The van der Waals surface area contributed by atoms with E-state index in [2.05, 4.69) is 24.2 Å². The lowest BCUT2D eigenvalue weighted by Crippen LogP contribution is -1.93. The summed E-state index contributed by atoms with van der Waals surface area (Å²) >= 11 is 0. The van der Waals surface area contributed by atoms with Crippen molar-refractivity contribution in [1.82, 2.24) is 4.98 Å². The smallest absolute Gasteiger partial charge is 0.0516 e. The molecule has 0 saturated heterocycles. The Kier molecular flexibility index (Phi) is 3.17. The molecule has 1 rings (SSSR count). The predicted octanol–water partition coefficient (Wildman–Crippen LogP) is 1.77. The number of methoxy groups -OCH3 is 1. The molecule has 0 spiro atoms. The summed E-state index contributed by atoms with van der Waals surface area (Å²) in [5, 5.41) is 0. The van der Waals surface area contributed by atoms with Gasteiger partial charge < -0.3 is 9.72 Å². The summed E-state index contributed by atoms with van der Waals surface area (Å²) in [5.41, 5.74) is 2.64. The maximum absolute atomic E-state index is 4.97. The normalized spacial score (nSPS) is 10.4. The molecule has 0 aliphatic heterocycles. The van der Waals surface area contributed by atoms with Gasteiger partial charge in [0.05, 0.1) is 6.61 Å². The van der Waals surface area contributed by atoms with E-state index in [0.717, 1.165) is 19.4 Å². The summed E-state index contributed by atoms with van der Waals surface area (Å²) in [6, 6.07) is 2.19. The SMILES string of the molecule is CCc1c[nH]c(CCOC)c1. The molecule has 1 aromatic heterocycles. The summed E-state index contributed by atoms with van der Waals surface area (Å²) in [6.07, 6.45) is 4.14. The molecule has 1 N–H and O–H groups in total. The van der Waals surface area contributed by atoms with Crippen LogP contribution in [0.1, 0.15) is 18.2 Å². The molecule has 0 atom stereocenters. The van der Waals surface area contributed by atoms with E-state index < -0.39 is 0 Å². The Labute approximate surface area is 67.6 Å². The number of H-pyrrole nitrogens is 1. The average Bonchev–Trinajstić information content (AvgIpc) is 2.48. The van der Waals surface area contributed by atoms with E-state index in [4.69, 9.17) is 4.74 Å². The van der Waals surface area contributed by atoms with Crippen molar-refractivity contribution in [2.75, 3.05) is 13.7 Å². The van der Waals surface area contributed by atoms with Gasteiger partial charge in [-0.05, 0) is 18.1 Å². The van der Waals surface area contributed by atoms with E-state index in [1.54, 1.807) is 7.11 Å². The zero-order valence-electron chi connectivity index (χ0n) is 7.18. The average molecular weight is 153 g/mol. The number of aryl methyl sites for hydroxylation is 1. The summed E-state index contributed by atoms with van der Waals surface area (Å²) < 4.78 is 4.97. The van der Waals surface area contributed by atoms with Crippen LogP contribution in [0.4, 0.5) is 0 Å². The van der Waals surface area contributed by atoms with Crippen molar-refractivity contribution >= 4 is 0 Å². The topological polar surface area (TPSA) is 25.0 Å². The van der Waals surface area contributed by atoms with E-state index in [9.17, 15) is 0 Å². The lowest BCUT2D eigenvalue weighted by molar-refractivity contribution is 0.201. The zero-order chi connectivity index (χ0) is 8.10. The second-order valence-corrected chi connectivity index (χ2v) is 2.63. The standard InChI is InChI=1S/C9H15NO/c1-3-8-6-9(10-7-8)4-5-11-2/h6-7,10H,3-5H2,1-2H3. The molecule has 0 radical (unpaired) electrons. The third-order valence-corrected chi connectivity index (χ3v) is 1.79. The van der Waals surface area contributed by atoms with Gasteiger partial charge in [0.2, 0.25) is 0 Å². The zero-order valence-corrected chi connectivity index (χ0v) is 7.18. The van der Waals surface area contributed by atoms with E-state index in [1.165, 1.54) is 11.3 Å². The Morgan fingerprint density at radius 3 is 2.91 bits per heavy atom. The van der Waals surface area contributed by atoms with Crippen LogP contribution in [0.5, 0.6) is 0 Å². The number of hydrogen-bond acceptors (Lipinski definition) is 1. The number of rotatable bonds is 4. The molecule has 0 bridgehead atoms. The largest absolute Gasteiger partial charge is 0.384 e. The van der Waals surface area contributed by atoms with E-state index in [0.29, 0.717) is 0 Å². The summed E-state index contributed by atoms with van der Waals surface area (Å²) in [6.45, 7) is 2.95. The fraction of sp³-hybridized carbons (Fsp3) is 0.556. The van der Waals surface area contributed by atoms with Gasteiger partial charge in [-0.3, -0.25) is 0 Å². The first-order chi connectivity index (χ1) is 5.36. The van der Waals surface area contributed by atoms with Crippen molar-refractivity contribution in [2.45, 2.75) is 19.8 Å². The van der Waals surface area contributed by atoms with Crippen molar-refractivity contribution in [3.05, 3.63) is 23.5 Å². The van der Waals surface area contributed by atoms with E-state index >= 15 is 0 Å². The molecule has 62 valence electrons. The second kappa shape index (κ2) is 4.19. The lowest BCUT2D eigenvalue weighted by Gasteiger charge is -1.94. The highest BCUT2D eigenvalue weighted by atomic mass is 16.5. The molecule has 0 fully saturated rings. The quantitative estimate of drug-likeness (QED) is 0.700. The van der Waals surface area contributed by atoms with Gasteiger partial charge in [0, 0.05) is 25.4 Å². The number of aromatic nitrogens is 1. The molecule has 0 aliphatic carbocycles. The fourth-order valence-electron chi connectivity index (χ4n) is 1.05. The van der Waals surface area contributed by atoms with Gasteiger partial charge in [-0.25, -0.2) is 0 Å². The highest BCUT2D eigenvalue weighted by Gasteiger charge is 1.95. The van der Waals surface area contributed by atoms with Crippen LogP contribution >= 0.6 is 0 Å². The van der Waals surface area contributed by atoms with Gasteiger partial charge in [-0.15, -0.1) is 0 Å². The molecule has 0 aliphatic rings. The molecule has 1 aromatic rings. The molecule has 2 nitrogen and oxygen atoms in total. The van der Waals surface area contributed by atoms with Gasteiger partial charge >= 0.3 is 0 Å². The first kappa shape index (κ1) is 8.34. The Bertz CT molecular complexity index is 205. The van der Waals surface area contributed by atoms with Gasteiger partial charge in [0.25, 0.3) is 0 Å². The summed E-state index contributed by atoms with van der Waals surface area (Å²) in [5.74, 6) is 0. The summed E-state index contributed by atoms with van der Waals surface area (Å²) in [4.78, 5) is 3.21. The predicted molar refractivity (Wildman–Crippen MR) is 45.8 cm³/mol. The molecular weight excluding hydrogens is 138 g/mol. The highest BCUT2D eigenvalue weighted by molar-refractivity contribution is 5.16. The van der Waals surface area contributed by atoms with Crippen LogP contribution in [0.25, 0.3) is 0 Å². The summed E-state index contributed by atoms with van der Waals surface area (Å²) in [7, 11) is 1.73. The van der Waals surface area contributed by atoms with Gasteiger partial charge in [-0.2, -0.15) is 0 Å². The minimum atomic E-state index is 0.795. The van der Waals surface area contributed by atoms with Crippen LogP contribution in [0, 0.1) is 0 Å². The molecular formula is C9H15NO. The molecule has 0 unspecified atom stereocenters. The fourth-order valence-corrected chi connectivity index (χ4v) is 1.05. The first-order valence-corrected chi connectivity index (χ1v) is 4.02. The first-order valence-electron chi connectivity index (χ1n) is 4.02. The molecule has 11 heavy (non-hydrogen) atoms. The highest BCUT2D eigenvalue weighted by Crippen LogP contribution is 2.04. The van der Waals surface area contributed by atoms with Crippen LogP contribution in [-0.4, -0.2) is 18.7 Å². The molecule has 0 amide bonds. The second-order valence-electron chi connectivity index (χ2n) is 2.63. The Morgan fingerprint density at radius 2 is 2.36 bits per heavy atom. The van der Waals surface area contributed by atoms with Gasteiger partial charge in [-0.1, -0.05) is 6.92 Å². The third kappa shape index (κ3) is 2.39. The van der Waals surface area contributed by atoms with Crippen LogP contribution in [0.15, 0.2) is 12.3 Å². The van der Waals surface area contributed by atoms with E-state index in [1.807, 2.05) is 0 Å². The van der Waals surface area contributed by atoms with Crippen molar-refractivity contribution < 1.29 is 4.74 Å². The van der Waals surface area contributed by atoms with Crippen LogP contribution < -0.4 is 0 Å².